The summed E-state index contributed by atoms with van der Waals surface area (Å²) in [5, 5.41) is 1.81. The minimum atomic E-state index is -4.04. The molecular formula is C27H27O4P. The second-order valence-electron chi connectivity index (χ2n) is 7.76. The van der Waals surface area contributed by atoms with E-state index in [9.17, 15) is 4.57 Å². The number of benzene rings is 4. The summed E-state index contributed by atoms with van der Waals surface area (Å²) in [5.74, 6) is 1.29. The van der Waals surface area contributed by atoms with Gasteiger partial charge in [-0.1, -0.05) is 79.6 Å². The first-order valence-electron chi connectivity index (χ1n) is 10.9. The van der Waals surface area contributed by atoms with Gasteiger partial charge in [-0.3, -0.25) is 0 Å². The lowest BCUT2D eigenvalue weighted by atomic mass is 10.1. The average Bonchev–Trinajstić information content (AvgIpc) is 2.80. The van der Waals surface area contributed by atoms with Gasteiger partial charge in [0.1, 0.15) is 17.2 Å². The highest BCUT2D eigenvalue weighted by molar-refractivity contribution is 7.49. The van der Waals surface area contributed by atoms with Gasteiger partial charge in [0, 0.05) is 5.39 Å². The van der Waals surface area contributed by atoms with Crippen LogP contribution in [-0.2, 0) is 11.0 Å². The molecule has 0 aliphatic rings. The Morgan fingerprint density at radius 1 is 0.719 bits per heavy atom. The van der Waals surface area contributed by atoms with Gasteiger partial charge in [0.05, 0.1) is 0 Å². The standard InChI is InChI=1S/C27H27O4P/c1-3-4-8-22-15-19-25(20-16-22)30-32(28,29-24-17-13-21(2)14-18-24)31-27-12-7-10-23-9-5-6-11-26(23)27/h5-7,9-20H,3-4,8H2,1-2H3. The van der Waals surface area contributed by atoms with E-state index in [1.165, 1.54) is 5.56 Å². The summed E-state index contributed by atoms with van der Waals surface area (Å²) < 4.78 is 31.5. The highest BCUT2D eigenvalue weighted by Gasteiger charge is 2.33. The van der Waals surface area contributed by atoms with Crippen molar-refractivity contribution in [2.75, 3.05) is 0 Å². The van der Waals surface area contributed by atoms with Crippen LogP contribution in [0.15, 0.2) is 91.0 Å². The summed E-state index contributed by atoms with van der Waals surface area (Å²) in [6.07, 6.45) is 3.26. The van der Waals surface area contributed by atoms with Crippen LogP contribution in [-0.4, -0.2) is 0 Å². The highest BCUT2D eigenvalue weighted by Crippen LogP contribution is 2.51. The molecule has 0 N–H and O–H groups in total. The Hall–Kier alpha value is -3.23. The molecule has 0 radical (unpaired) electrons. The largest absolute Gasteiger partial charge is 0.647 e. The topological polar surface area (TPSA) is 44.8 Å². The first-order valence-corrected chi connectivity index (χ1v) is 12.3. The van der Waals surface area contributed by atoms with E-state index in [2.05, 4.69) is 6.92 Å². The van der Waals surface area contributed by atoms with Crippen LogP contribution in [0.2, 0.25) is 0 Å². The van der Waals surface area contributed by atoms with Gasteiger partial charge in [0.25, 0.3) is 0 Å². The van der Waals surface area contributed by atoms with Gasteiger partial charge in [0.15, 0.2) is 0 Å². The molecule has 5 heteroatoms. The zero-order chi connectivity index (χ0) is 22.4. The Bertz CT molecular complexity index is 1210. The zero-order valence-corrected chi connectivity index (χ0v) is 19.3. The quantitative estimate of drug-likeness (QED) is 0.243. The second-order valence-corrected chi connectivity index (χ2v) is 9.20. The molecule has 0 amide bonds. The molecule has 0 spiro atoms. The maximum Gasteiger partial charge on any atom is 0.647 e. The molecule has 0 aliphatic heterocycles. The Labute approximate surface area is 189 Å². The lowest BCUT2D eigenvalue weighted by Gasteiger charge is -2.20. The molecule has 4 aromatic rings. The molecule has 1 unspecified atom stereocenters. The van der Waals surface area contributed by atoms with Crippen molar-refractivity contribution < 1.29 is 18.1 Å². The molecule has 1 atom stereocenters. The van der Waals surface area contributed by atoms with Crippen LogP contribution in [0.5, 0.6) is 17.2 Å². The van der Waals surface area contributed by atoms with Crippen LogP contribution in [0, 0.1) is 6.92 Å². The van der Waals surface area contributed by atoms with Gasteiger partial charge in [0.2, 0.25) is 0 Å². The second kappa shape index (κ2) is 9.93. The maximum atomic E-state index is 13.8. The van der Waals surface area contributed by atoms with Gasteiger partial charge in [-0.15, -0.1) is 0 Å². The SMILES string of the molecule is CCCCc1ccc(OP(=O)(Oc2ccc(C)cc2)Oc2cccc3ccccc23)cc1. The fourth-order valence-electron chi connectivity index (χ4n) is 3.41. The minimum absolute atomic E-state index is 0.415. The fraction of sp³-hybridized carbons (Fsp3) is 0.185. The Morgan fingerprint density at radius 3 is 2.03 bits per heavy atom. The van der Waals surface area contributed by atoms with Crippen LogP contribution in [0.3, 0.4) is 0 Å². The molecule has 32 heavy (non-hydrogen) atoms. The molecule has 0 aliphatic carbocycles. The average molecular weight is 446 g/mol. The van der Waals surface area contributed by atoms with E-state index in [-0.39, 0.29) is 0 Å². The van der Waals surface area contributed by atoms with Gasteiger partial charge >= 0.3 is 7.82 Å². The summed E-state index contributed by atoms with van der Waals surface area (Å²) in [7, 11) is -4.04. The number of fused-ring (bicyclic) bond motifs is 1. The molecule has 164 valence electrons. The van der Waals surface area contributed by atoms with Gasteiger partial charge in [-0.25, -0.2) is 0 Å². The van der Waals surface area contributed by atoms with Crippen molar-refractivity contribution in [2.45, 2.75) is 33.1 Å². The van der Waals surface area contributed by atoms with Gasteiger partial charge < -0.3 is 13.6 Å². The molecule has 0 aromatic heterocycles. The summed E-state index contributed by atoms with van der Waals surface area (Å²) in [6, 6.07) is 28.2. The van der Waals surface area contributed by atoms with Crippen molar-refractivity contribution in [3.63, 3.8) is 0 Å². The van der Waals surface area contributed by atoms with Crippen LogP contribution in [0.1, 0.15) is 30.9 Å². The van der Waals surface area contributed by atoms with Crippen molar-refractivity contribution >= 4 is 18.6 Å². The predicted molar refractivity (Wildman–Crippen MR) is 130 cm³/mol. The monoisotopic (exact) mass is 446 g/mol. The van der Waals surface area contributed by atoms with Crippen molar-refractivity contribution in [1.29, 1.82) is 0 Å². The maximum absolute atomic E-state index is 13.8. The summed E-state index contributed by atoms with van der Waals surface area (Å²) in [5.41, 5.74) is 2.29. The number of hydrogen-bond donors (Lipinski definition) is 0. The van der Waals surface area contributed by atoms with Crippen LogP contribution in [0.4, 0.5) is 0 Å². The lowest BCUT2D eigenvalue weighted by molar-refractivity contribution is 0.299. The third-order valence-corrected chi connectivity index (χ3v) is 6.45. The summed E-state index contributed by atoms with van der Waals surface area (Å²) in [4.78, 5) is 0. The first-order chi connectivity index (χ1) is 15.5. The third kappa shape index (κ3) is 5.52. The number of phosphoric acid groups is 1. The van der Waals surface area contributed by atoms with E-state index in [1.54, 1.807) is 18.2 Å². The van der Waals surface area contributed by atoms with E-state index in [1.807, 2.05) is 79.7 Å². The van der Waals surface area contributed by atoms with Crippen LogP contribution in [0.25, 0.3) is 10.8 Å². The third-order valence-electron chi connectivity index (χ3n) is 5.16. The van der Waals surface area contributed by atoms with Gasteiger partial charge in [-0.2, -0.15) is 4.57 Å². The molecular weight excluding hydrogens is 419 g/mol. The first kappa shape index (κ1) is 22.0. The number of hydrogen-bond acceptors (Lipinski definition) is 4. The normalized spacial score (nSPS) is 12.8. The molecule has 0 saturated heterocycles. The van der Waals surface area contributed by atoms with Crippen LogP contribution < -0.4 is 13.6 Å². The van der Waals surface area contributed by atoms with E-state index in [0.717, 1.165) is 35.6 Å². The summed E-state index contributed by atoms with van der Waals surface area (Å²) in [6.45, 7) is 4.15. The number of unbranched alkanes of at least 4 members (excludes halogenated alkanes) is 1. The number of aryl methyl sites for hydroxylation is 2. The summed E-state index contributed by atoms with van der Waals surface area (Å²) >= 11 is 0. The van der Waals surface area contributed by atoms with E-state index in [0.29, 0.717) is 17.2 Å². The molecule has 0 heterocycles. The zero-order valence-electron chi connectivity index (χ0n) is 18.4. The molecule has 4 aromatic carbocycles. The molecule has 0 saturated carbocycles. The van der Waals surface area contributed by atoms with E-state index in [4.69, 9.17) is 13.6 Å². The van der Waals surface area contributed by atoms with Crippen molar-refractivity contribution in [3.8, 4) is 17.2 Å². The Kier molecular flexibility index (Phi) is 6.82. The number of phosphoric ester groups is 1. The molecule has 4 rings (SSSR count). The highest BCUT2D eigenvalue weighted by atomic mass is 31.2. The fourth-order valence-corrected chi connectivity index (χ4v) is 4.68. The van der Waals surface area contributed by atoms with E-state index < -0.39 is 7.82 Å². The van der Waals surface area contributed by atoms with Crippen LogP contribution >= 0.6 is 7.82 Å². The molecule has 0 fully saturated rings. The van der Waals surface area contributed by atoms with Gasteiger partial charge in [-0.05, 0) is 61.0 Å². The predicted octanol–water partition coefficient (Wildman–Crippen LogP) is 8.14. The van der Waals surface area contributed by atoms with Crippen molar-refractivity contribution in [1.82, 2.24) is 0 Å². The number of rotatable bonds is 9. The molecule has 0 bridgehead atoms. The van der Waals surface area contributed by atoms with Crippen molar-refractivity contribution in [2.24, 2.45) is 0 Å². The molecule has 4 nitrogen and oxygen atoms in total. The van der Waals surface area contributed by atoms with E-state index >= 15 is 0 Å². The smallest absolute Gasteiger partial charge is 0.386 e. The minimum Gasteiger partial charge on any atom is -0.386 e. The Balaban J connectivity index is 1.64. The lowest BCUT2D eigenvalue weighted by Crippen LogP contribution is -2.08. The Morgan fingerprint density at radius 2 is 1.34 bits per heavy atom. The van der Waals surface area contributed by atoms with Crippen molar-refractivity contribution in [3.05, 3.63) is 102 Å².